The Balaban J connectivity index is 4.32. The number of aliphatic carboxylic acids is 1. The van der Waals surface area contributed by atoms with E-state index in [2.05, 4.69) is 0 Å². The fourth-order valence-corrected chi connectivity index (χ4v) is 2.19. The quantitative estimate of drug-likeness (QED) is 0.447. The molecule has 0 heterocycles. The first-order valence-electron chi connectivity index (χ1n) is 3.33. The number of rotatable bonds is 6. The lowest BCUT2D eigenvalue weighted by molar-refractivity contribution is -0.137. The van der Waals surface area contributed by atoms with E-state index in [1.165, 1.54) is 0 Å². The zero-order chi connectivity index (χ0) is 11.4. The van der Waals surface area contributed by atoms with Crippen molar-refractivity contribution < 1.29 is 33.7 Å². The topological polar surface area (TPSA) is 135 Å². The number of nitrogens with zero attached hydrogens (tertiary/aromatic N) is 1. The van der Waals surface area contributed by atoms with Crippen molar-refractivity contribution in [3.63, 3.8) is 0 Å². The first kappa shape index (κ1) is 13.6. The molecule has 1 atom stereocenters. The van der Waals surface area contributed by atoms with Crippen LogP contribution in [-0.2, 0) is 13.9 Å². The van der Waals surface area contributed by atoms with Gasteiger partial charge in [-0.25, -0.2) is 4.90 Å². The van der Waals surface area contributed by atoms with E-state index in [4.69, 9.17) is 19.8 Å². The smallest absolute Gasteiger partial charge is 0.480 e. The minimum absolute atomic E-state index is 0.577. The van der Waals surface area contributed by atoms with E-state index >= 15 is 0 Å². The van der Waals surface area contributed by atoms with Crippen LogP contribution in [0.15, 0.2) is 0 Å². The van der Waals surface area contributed by atoms with Crippen LogP contribution in [0.1, 0.15) is 0 Å². The summed E-state index contributed by atoms with van der Waals surface area (Å²) in [6.45, 7) is -0.688. The Kier molecular flexibility index (Phi) is 5.36. The highest BCUT2D eigenvalue weighted by Gasteiger charge is 2.27. The maximum atomic E-state index is 10.5. The van der Waals surface area contributed by atoms with E-state index in [1.807, 2.05) is 0 Å². The monoisotopic (exact) mass is 246 g/mol. The lowest BCUT2D eigenvalue weighted by atomic mass is 10.6. The van der Waals surface area contributed by atoms with Crippen LogP contribution in [-0.4, -0.2) is 49.8 Å². The SMILES string of the molecule is O=C(O)CN(C[P+](=O)O)CP(=O)(O)O. The first-order valence-corrected chi connectivity index (χ1v) is 6.52. The molecule has 0 spiro atoms. The molecule has 82 valence electrons. The van der Waals surface area contributed by atoms with Crippen LogP contribution in [0.5, 0.6) is 0 Å². The van der Waals surface area contributed by atoms with Crippen LogP contribution in [0, 0.1) is 0 Å². The van der Waals surface area contributed by atoms with Gasteiger partial charge in [-0.3, -0.25) is 9.36 Å². The molecule has 8 nitrogen and oxygen atoms in total. The Morgan fingerprint density at radius 1 is 1.43 bits per heavy atom. The summed E-state index contributed by atoms with van der Waals surface area (Å²) in [5.74, 6) is -1.32. The third-order valence-electron chi connectivity index (χ3n) is 1.06. The molecule has 0 amide bonds. The summed E-state index contributed by atoms with van der Waals surface area (Å²) in [5, 5.41) is 8.32. The van der Waals surface area contributed by atoms with Gasteiger partial charge >= 0.3 is 21.6 Å². The molecule has 14 heavy (non-hydrogen) atoms. The lowest BCUT2D eigenvalue weighted by Crippen LogP contribution is -2.30. The van der Waals surface area contributed by atoms with Crippen LogP contribution >= 0.6 is 15.6 Å². The van der Waals surface area contributed by atoms with Gasteiger partial charge in [0.2, 0.25) is 6.29 Å². The van der Waals surface area contributed by atoms with Crippen LogP contribution in [0.3, 0.4) is 0 Å². The van der Waals surface area contributed by atoms with Gasteiger partial charge in [-0.05, 0) is 4.57 Å². The van der Waals surface area contributed by atoms with Crippen molar-refractivity contribution in [1.29, 1.82) is 0 Å². The maximum absolute atomic E-state index is 10.5. The Morgan fingerprint density at radius 2 is 1.93 bits per heavy atom. The zero-order valence-corrected chi connectivity index (χ0v) is 8.77. The number of carboxylic acid groups (broad SMARTS) is 1. The van der Waals surface area contributed by atoms with Gasteiger partial charge in [-0.15, -0.1) is 0 Å². The maximum Gasteiger partial charge on any atom is 0.521 e. The van der Waals surface area contributed by atoms with Crippen molar-refractivity contribution in [2.75, 3.05) is 19.1 Å². The Bertz CT molecular complexity index is 257. The number of carbonyl (C=O) groups is 1. The van der Waals surface area contributed by atoms with Gasteiger partial charge in [0.25, 0.3) is 0 Å². The average Bonchev–Trinajstić information content (AvgIpc) is 1.77. The van der Waals surface area contributed by atoms with Crippen molar-refractivity contribution in [3.8, 4) is 0 Å². The Hall–Kier alpha value is -0.360. The highest BCUT2D eigenvalue weighted by Crippen LogP contribution is 2.36. The standard InChI is InChI=1S/C4H9NO7P2/c6-4(7)1-5(2-13(8)9)3-14(10,11)12/h1-3H2,(H3-,6,7,8,9,10,11,12)/p+1. The third-order valence-corrected chi connectivity index (χ3v) is 2.47. The minimum atomic E-state index is -4.41. The molecule has 4 N–H and O–H groups in total. The molecule has 0 aromatic rings. The highest BCUT2D eigenvalue weighted by molar-refractivity contribution is 7.51. The summed E-state index contributed by atoms with van der Waals surface area (Å²) in [6, 6.07) is 0. The van der Waals surface area contributed by atoms with Crippen LogP contribution in [0.4, 0.5) is 0 Å². The number of carboxylic acids is 1. The van der Waals surface area contributed by atoms with Crippen LogP contribution in [0.2, 0.25) is 0 Å². The molecule has 0 aromatic carbocycles. The van der Waals surface area contributed by atoms with Gasteiger partial charge < -0.3 is 14.9 Å². The summed E-state index contributed by atoms with van der Waals surface area (Å²) >= 11 is 0. The van der Waals surface area contributed by atoms with Crippen molar-refractivity contribution in [2.24, 2.45) is 0 Å². The first-order chi connectivity index (χ1) is 6.20. The molecule has 0 radical (unpaired) electrons. The van der Waals surface area contributed by atoms with Gasteiger partial charge in [0.05, 0.1) is 0 Å². The summed E-state index contributed by atoms with van der Waals surface area (Å²) in [5.41, 5.74) is 0. The molecule has 0 saturated carbocycles. The molecule has 0 aliphatic heterocycles. The number of hydrogen-bond donors (Lipinski definition) is 4. The van der Waals surface area contributed by atoms with Crippen LogP contribution in [0.25, 0.3) is 0 Å². The van der Waals surface area contributed by atoms with E-state index < -0.39 is 40.7 Å². The predicted octanol–water partition coefficient (Wildman–Crippen LogP) is -0.800. The number of hydrogen-bond acceptors (Lipinski definition) is 4. The van der Waals surface area contributed by atoms with E-state index in [0.29, 0.717) is 4.90 Å². The zero-order valence-electron chi connectivity index (χ0n) is 6.98. The molecule has 0 rings (SSSR count). The normalized spacial score (nSPS) is 13.0. The Labute approximate surface area is 80.2 Å². The van der Waals surface area contributed by atoms with Crippen molar-refractivity contribution in [3.05, 3.63) is 0 Å². The largest absolute Gasteiger partial charge is 0.521 e. The molecular weight excluding hydrogens is 236 g/mol. The molecule has 0 saturated heterocycles. The van der Waals surface area contributed by atoms with Gasteiger partial charge in [0.15, 0.2) is 0 Å². The van der Waals surface area contributed by atoms with E-state index in [-0.39, 0.29) is 0 Å². The van der Waals surface area contributed by atoms with E-state index in [9.17, 15) is 13.9 Å². The second-order valence-corrected chi connectivity index (χ2v) is 5.12. The van der Waals surface area contributed by atoms with Crippen molar-refractivity contribution >= 4 is 21.6 Å². The van der Waals surface area contributed by atoms with E-state index in [0.717, 1.165) is 0 Å². The molecule has 10 heteroatoms. The average molecular weight is 246 g/mol. The van der Waals surface area contributed by atoms with Gasteiger partial charge in [0, 0.05) is 0 Å². The summed E-state index contributed by atoms with van der Waals surface area (Å²) < 4.78 is 20.8. The third kappa shape index (κ3) is 8.25. The minimum Gasteiger partial charge on any atom is -0.480 e. The molecule has 0 aromatic heterocycles. The summed E-state index contributed by atoms with van der Waals surface area (Å²) in [6.07, 6.45) is -1.42. The molecule has 0 bridgehead atoms. The molecule has 0 fully saturated rings. The van der Waals surface area contributed by atoms with Gasteiger partial charge in [0.1, 0.15) is 12.8 Å². The lowest BCUT2D eigenvalue weighted by Gasteiger charge is -2.14. The summed E-state index contributed by atoms with van der Waals surface area (Å²) in [7, 11) is -7.07. The van der Waals surface area contributed by atoms with Crippen molar-refractivity contribution in [2.45, 2.75) is 0 Å². The molecule has 0 aliphatic rings. The van der Waals surface area contributed by atoms with E-state index in [1.54, 1.807) is 0 Å². The van der Waals surface area contributed by atoms with Crippen LogP contribution < -0.4 is 0 Å². The molecular formula is C4H10NO7P2+. The molecule has 0 aliphatic carbocycles. The fourth-order valence-electron chi connectivity index (χ4n) is 0.768. The Morgan fingerprint density at radius 3 is 2.21 bits per heavy atom. The van der Waals surface area contributed by atoms with Gasteiger partial charge in [-0.1, -0.05) is 0 Å². The second kappa shape index (κ2) is 5.50. The van der Waals surface area contributed by atoms with Crippen molar-refractivity contribution in [1.82, 2.24) is 4.90 Å². The van der Waals surface area contributed by atoms with Gasteiger partial charge in [-0.2, -0.15) is 4.89 Å². The fraction of sp³-hybridized carbons (Fsp3) is 0.750. The summed E-state index contributed by atoms with van der Waals surface area (Å²) in [4.78, 5) is 36.4. The highest BCUT2D eigenvalue weighted by atomic mass is 31.2. The second-order valence-electron chi connectivity index (χ2n) is 2.52. The predicted molar refractivity (Wildman–Crippen MR) is 45.9 cm³/mol. The molecule has 1 unspecified atom stereocenters.